The lowest BCUT2D eigenvalue weighted by atomic mass is 9.76. The van der Waals surface area contributed by atoms with E-state index in [-0.39, 0.29) is 11.9 Å². The second-order valence-corrected chi connectivity index (χ2v) is 9.35. The number of hydrogen-bond donors (Lipinski definition) is 2. The summed E-state index contributed by atoms with van der Waals surface area (Å²) in [6.07, 6.45) is 0. The zero-order chi connectivity index (χ0) is 22.5. The summed E-state index contributed by atoms with van der Waals surface area (Å²) < 4.78 is 8.59. The van der Waals surface area contributed by atoms with Gasteiger partial charge >= 0.3 is 0 Å². The van der Waals surface area contributed by atoms with E-state index in [1.54, 1.807) is 13.1 Å². The van der Waals surface area contributed by atoms with Crippen LogP contribution < -0.4 is 5.32 Å². The van der Waals surface area contributed by atoms with Gasteiger partial charge in [-0.05, 0) is 59.3 Å². The number of aromatic nitrogens is 2. The fraction of sp³-hybridized carbons (Fsp3) is 0.174. The van der Waals surface area contributed by atoms with Crippen molar-refractivity contribution in [1.29, 1.82) is 10.7 Å². The third-order valence-corrected chi connectivity index (χ3v) is 7.64. The van der Waals surface area contributed by atoms with Crippen LogP contribution >= 0.6 is 23.1 Å². The monoisotopic (exact) mass is 458 g/mol. The van der Waals surface area contributed by atoms with Crippen LogP contribution in [0.25, 0.3) is 22.2 Å². The topological polar surface area (TPSA) is 106 Å². The van der Waals surface area contributed by atoms with E-state index < -0.39 is 11.5 Å². The van der Waals surface area contributed by atoms with Gasteiger partial charge in [0.05, 0.1) is 34.8 Å². The van der Waals surface area contributed by atoms with E-state index in [0.717, 1.165) is 44.3 Å². The second kappa shape index (κ2) is 7.51. The van der Waals surface area contributed by atoms with Gasteiger partial charge in [-0.1, -0.05) is 18.2 Å². The molecule has 0 radical (unpaired) electrons. The second-order valence-electron chi connectivity index (χ2n) is 7.91. The Morgan fingerprint density at radius 3 is 2.78 bits per heavy atom. The molecule has 0 aliphatic carbocycles. The molecule has 3 heterocycles. The SMILES string of the molecule is CN1C(=N)N[C@](C)(c2cc(-c3cccc(C#N)c3)cs2)[C@@H](c2ccc3nsnc3c2)C1=O. The van der Waals surface area contributed by atoms with Gasteiger partial charge in [0.15, 0.2) is 5.96 Å². The van der Waals surface area contributed by atoms with Gasteiger partial charge in [0.2, 0.25) is 5.91 Å². The van der Waals surface area contributed by atoms with Crippen molar-refractivity contribution in [3.8, 4) is 17.2 Å². The van der Waals surface area contributed by atoms with Crippen LogP contribution in [0.5, 0.6) is 0 Å². The molecule has 2 aromatic heterocycles. The average Bonchev–Trinajstić information content (AvgIpc) is 3.47. The van der Waals surface area contributed by atoms with Crippen molar-refractivity contribution >= 4 is 46.0 Å². The summed E-state index contributed by atoms with van der Waals surface area (Å²) in [6, 6.07) is 17.4. The van der Waals surface area contributed by atoms with Gasteiger partial charge in [-0.25, -0.2) is 0 Å². The maximum atomic E-state index is 13.4. The molecule has 1 saturated heterocycles. The van der Waals surface area contributed by atoms with E-state index in [9.17, 15) is 10.1 Å². The molecule has 0 spiro atoms. The fourth-order valence-corrected chi connectivity index (χ4v) is 5.72. The molecular formula is C23H18N6OS2. The highest BCUT2D eigenvalue weighted by Crippen LogP contribution is 2.44. The molecule has 4 aromatic rings. The van der Waals surface area contributed by atoms with E-state index >= 15 is 0 Å². The summed E-state index contributed by atoms with van der Waals surface area (Å²) >= 11 is 2.68. The predicted octanol–water partition coefficient (Wildman–Crippen LogP) is 4.29. The largest absolute Gasteiger partial charge is 0.345 e. The summed E-state index contributed by atoms with van der Waals surface area (Å²) in [5.41, 5.74) is 4.06. The van der Waals surface area contributed by atoms with Crippen LogP contribution in [0, 0.1) is 16.7 Å². The first kappa shape index (κ1) is 20.3. The quantitative estimate of drug-likeness (QED) is 0.476. The summed E-state index contributed by atoms with van der Waals surface area (Å²) in [4.78, 5) is 15.7. The Bertz CT molecular complexity index is 1420. The Balaban J connectivity index is 1.62. The number of hydrogen-bond acceptors (Lipinski definition) is 7. The van der Waals surface area contributed by atoms with Crippen LogP contribution in [0.15, 0.2) is 53.9 Å². The molecule has 2 aromatic carbocycles. The van der Waals surface area contributed by atoms with Gasteiger partial charge in [-0.2, -0.15) is 14.0 Å². The Hall–Kier alpha value is -3.61. The normalized spacial score (nSPS) is 20.9. The molecule has 32 heavy (non-hydrogen) atoms. The van der Waals surface area contributed by atoms with Crippen LogP contribution in [-0.2, 0) is 10.3 Å². The standard InChI is InChI=1S/C23H18N6OS2/c1-23(19-10-16(12-31-19)14-5-3-4-13(8-14)11-24)20(21(30)29(2)22(25)26-23)15-6-7-17-18(9-15)28-32-27-17/h3-10,12,20H,1-2H3,(H2,25,26)/t20-,23+/m0/s1. The number of carbonyl (C=O) groups is 1. The molecule has 5 rings (SSSR count). The van der Waals surface area contributed by atoms with Crippen molar-refractivity contribution in [2.75, 3.05) is 7.05 Å². The highest BCUT2D eigenvalue weighted by Gasteiger charge is 2.49. The van der Waals surface area contributed by atoms with Crippen molar-refractivity contribution in [1.82, 2.24) is 19.0 Å². The van der Waals surface area contributed by atoms with Crippen LogP contribution in [0.1, 0.15) is 28.8 Å². The van der Waals surface area contributed by atoms with E-state index in [1.807, 2.05) is 54.8 Å². The number of carbonyl (C=O) groups excluding carboxylic acids is 1. The summed E-state index contributed by atoms with van der Waals surface area (Å²) in [7, 11) is 1.61. The number of fused-ring (bicyclic) bond motifs is 1. The van der Waals surface area contributed by atoms with Crippen LogP contribution in [-0.4, -0.2) is 32.6 Å². The number of amides is 1. The van der Waals surface area contributed by atoms with E-state index in [4.69, 9.17) is 5.41 Å². The number of rotatable bonds is 3. The molecule has 9 heteroatoms. The Morgan fingerprint density at radius 2 is 1.97 bits per heavy atom. The minimum atomic E-state index is -0.826. The zero-order valence-electron chi connectivity index (χ0n) is 17.3. The van der Waals surface area contributed by atoms with Crippen LogP contribution in [0.2, 0.25) is 0 Å². The van der Waals surface area contributed by atoms with Crippen molar-refractivity contribution in [2.24, 2.45) is 0 Å². The molecule has 0 bridgehead atoms. The van der Waals surface area contributed by atoms with Gasteiger partial charge in [-0.15, -0.1) is 11.3 Å². The highest BCUT2D eigenvalue weighted by molar-refractivity contribution is 7.10. The maximum absolute atomic E-state index is 13.4. The lowest BCUT2D eigenvalue weighted by Crippen LogP contribution is -2.62. The van der Waals surface area contributed by atoms with E-state index in [0.29, 0.717) is 5.56 Å². The number of guanidine groups is 1. The fourth-order valence-electron chi connectivity index (χ4n) is 4.14. The minimum Gasteiger partial charge on any atom is -0.345 e. The predicted molar refractivity (Wildman–Crippen MR) is 126 cm³/mol. The number of benzene rings is 2. The molecule has 2 atom stereocenters. The average molecular weight is 459 g/mol. The zero-order valence-corrected chi connectivity index (χ0v) is 18.9. The van der Waals surface area contributed by atoms with Gasteiger partial charge in [0.1, 0.15) is 11.0 Å². The lowest BCUT2D eigenvalue weighted by Gasteiger charge is -2.45. The first-order chi connectivity index (χ1) is 15.4. The molecule has 0 saturated carbocycles. The molecule has 7 nitrogen and oxygen atoms in total. The van der Waals surface area contributed by atoms with Crippen LogP contribution in [0.3, 0.4) is 0 Å². The van der Waals surface area contributed by atoms with Crippen molar-refractivity contribution in [3.63, 3.8) is 0 Å². The van der Waals surface area contributed by atoms with Crippen molar-refractivity contribution in [2.45, 2.75) is 18.4 Å². The van der Waals surface area contributed by atoms with Gasteiger partial charge in [0, 0.05) is 11.9 Å². The Morgan fingerprint density at radius 1 is 1.16 bits per heavy atom. The first-order valence-corrected chi connectivity index (χ1v) is 11.5. The summed E-state index contributed by atoms with van der Waals surface area (Å²) in [5.74, 6) is -0.642. The minimum absolute atomic E-state index is 0.0616. The number of thiophene rings is 1. The molecule has 158 valence electrons. The molecule has 1 amide bonds. The summed E-state index contributed by atoms with van der Waals surface area (Å²) in [5, 5.41) is 22.9. The third kappa shape index (κ3) is 3.16. The Kier molecular flexibility index (Phi) is 4.77. The maximum Gasteiger partial charge on any atom is 0.239 e. The van der Waals surface area contributed by atoms with Crippen molar-refractivity contribution < 1.29 is 4.79 Å². The highest BCUT2D eigenvalue weighted by atomic mass is 32.1. The van der Waals surface area contributed by atoms with Gasteiger partial charge in [-0.3, -0.25) is 15.1 Å². The summed E-state index contributed by atoms with van der Waals surface area (Å²) in [6.45, 7) is 1.96. The smallest absolute Gasteiger partial charge is 0.239 e. The lowest BCUT2D eigenvalue weighted by molar-refractivity contribution is -0.131. The molecule has 1 aliphatic rings. The number of nitrogens with one attached hydrogen (secondary N) is 2. The van der Waals surface area contributed by atoms with Gasteiger partial charge in [0.25, 0.3) is 0 Å². The Labute approximate surface area is 192 Å². The first-order valence-electron chi connectivity index (χ1n) is 9.87. The molecule has 0 unspecified atom stereocenters. The molecule has 2 N–H and O–H groups in total. The molecule has 1 aliphatic heterocycles. The number of nitriles is 1. The molecular weight excluding hydrogens is 440 g/mol. The van der Waals surface area contributed by atoms with Gasteiger partial charge < -0.3 is 5.32 Å². The van der Waals surface area contributed by atoms with E-state index in [2.05, 4.69) is 20.1 Å². The van der Waals surface area contributed by atoms with E-state index in [1.165, 1.54) is 16.2 Å². The van der Waals surface area contributed by atoms with Crippen LogP contribution in [0.4, 0.5) is 0 Å². The third-order valence-electron chi connectivity index (χ3n) is 5.92. The molecule has 1 fully saturated rings. The number of likely N-dealkylation sites (N-methyl/N-ethyl adjacent to an activating group) is 1. The number of nitrogens with zero attached hydrogens (tertiary/aromatic N) is 4. The van der Waals surface area contributed by atoms with Crippen molar-refractivity contribution in [3.05, 3.63) is 69.9 Å².